The lowest BCUT2D eigenvalue weighted by molar-refractivity contribution is -0.116. The van der Waals surface area contributed by atoms with Crippen LogP contribution in [0, 0.1) is 0 Å². The Hall–Kier alpha value is -3.61. The number of nitrogens with zero attached hydrogens (tertiary/aromatic N) is 3. The zero-order valence-electron chi connectivity index (χ0n) is 17.5. The number of benzene rings is 2. The van der Waals surface area contributed by atoms with Gasteiger partial charge in [0.05, 0.1) is 17.7 Å². The molecular weight excluding hydrogens is 390 g/mol. The van der Waals surface area contributed by atoms with E-state index in [0.29, 0.717) is 24.2 Å². The van der Waals surface area contributed by atoms with Crippen molar-refractivity contribution in [3.8, 4) is 0 Å². The van der Waals surface area contributed by atoms with E-state index in [2.05, 4.69) is 26.6 Å². The van der Waals surface area contributed by atoms with Crippen molar-refractivity contribution < 1.29 is 9.59 Å². The smallest absolute Gasteiger partial charge is 0.255 e. The second-order valence-corrected chi connectivity index (χ2v) is 7.70. The summed E-state index contributed by atoms with van der Waals surface area (Å²) in [7, 11) is 0. The van der Waals surface area contributed by atoms with E-state index in [1.807, 2.05) is 29.0 Å². The van der Waals surface area contributed by atoms with E-state index in [0.717, 1.165) is 24.5 Å². The number of anilines is 3. The molecule has 2 heterocycles. The highest BCUT2D eigenvalue weighted by atomic mass is 16.2. The van der Waals surface area contributed by atoms with Crippen molar-refractivity contribution >= 4 is 28.9 Å². The lowest BCUT2D eigenvalue weighted by Crippen LogP contribution is -2.30. The standard InChI is InChI=1S/C24H27N5O2/c30-23(11-15-28-16-12-25-18-28)26-20-8-6-7-19(17-20)24(31)27-21-9-2-3-10-22(21)29-13-4-1-5-14-29/h2-3,6-10,12,16-18H,1,4-5,11,13-15H2,(H,26,30)(H,27,31). The van der Waals surface area contributed by atoms with Crippen molar-refractivity contribution in [3.63, 3.8) is 0 Å². The molecule has 4 rings (SSSR count). The predicted molar refractivity (Wildman–Crippen MR) is 122 cm³/mol. The van der Waals surface area contributed by atoms with Gasteiger partial charge in [0.25, 0.3) is 5.91 Å². The lowest BCUT2D eigenvalue weighted by atomic mass is 10.1. The minimum absolute atomic E-state index is 0.110. The van der Waals surface area contributed by atoms with Gasteiger partial charge in [0, 0.05) is 49.7 Å². The summed E-state index contributed by atoms with van der Waals surface area (Å²) in [6.45, 7) is 2.57. The van der Waals surface area contributed by atoms with Crippen LogP contribution in [0.1, 0.15) is 36.0 Å². The number of piperidine rings is 1. The number of carbonyl (C=O) groups excluding carboxylic acids is 2. The molecule has 0 saturated carbocycles. The van der Waals surface area contributed by atoms with Crippen molar-refractivity contribution in [3.05, 3.63) is 72.8 Å². The number of nitrogens with one attached hydrogen (secondary N) is 2. The van der Waals surface area contributed by atoms with Gasteiger partial charge in [-0.25, -0.2) is 4.98 Å². The van der Waals surface area contributed by atoms with Crippen LogP contribution < -0.4 is 15.5 Å². The summed E-state index contributed by atoms with van der Waals surface area (Å²) in [6, 6.07) is 14.9. The van der Waals surface area contributed by atoms with Gasteiger partial charge in [-0.05, 0) is 49.6 Å². The first kappa shape index (κ1) is 20.7. The monoisotopic (exact) mass is 417 g/mol. The molecule has 7 heteroatoms. The van der Waals surface area contributed by atoms with Gasteiger partial charge in [0.1, 0.15) is 0 Å². The SMILES string of the molecule is O=C(CCn1ccnc1)Nc1cccc(C(=O)Nc2ccccc2N2CCCCC2)c1. The van der Waals surface area contributed by atoms with Crippen LogP contribution in [0.15, 0.2) is 67.3 Å². The molecule has 2 N–H and O–H groups in total. The third-order valence-electron chi connectivity index (χ3n) is 5.41. The van der Waals surface area contributed by atoms with Crippen molar-refractivity contribution in [1.82, 2.24) is 9.55 Å². The fraction of sp³-hybridized carbons (Fsp3) is 0.292. The summed E-state index contributed by atoms with van der Waals surface area (Å²) < 4.78 is 1.85. The maximum atomic E-state index is 12.9. The van der Waals surface area contributed by atoms with Gasteiger partial charge in [0.15, 0.2) is 0 Å². The fourth-order valence-electron chi connectivity index (χ4n) is 3.80. The second kappa shape index (κ2) is 9.93. The number of aromatic nitrogens is 2. The molecule has 31 heavy (non-hydrogen) atoms. The number of aryl methyl sites for hydroxylation is 1. The van der Waals surface area contributed by atoms with Crippen molar-refractivity contribution in [1.29, 1.82) is 0 Å². The molecule has 160 valence electrons. The number of amides is 2. The first-order chi connectivity index (χ1) is 15.2. The minimum Gasteiger partial charge on any atom is -0.370 e. The van der Waals surface area contributed by atoms with Gasteiger partial charge in [-0.15, -0.1) is 0 Å². The molecule has 2 amide bonds. The van der Waals surface area contributed by atoms with E-state index in [9.17, 15) is 9.59 Å². The van der Waals surface area contributed by atoms with Crippen molar-refractivity contribution in [2.45, 2.75) is 32.2 Å². The van der Waals surface area contributed by atoms with Crippen LogP contribution in [-0.4, -0.2) is 34.5 Å². The molecule has 0 spiro atoms. The Morgan fingerprint density at radius 1 is 0.968 bits per heavy atom. The maximum absolute atomic E-state index is 12.9. The Bertz CT molecular complexity index is 1030. The lowest BCUT2D eigenvalue weighted by Gasteiger charge is -2.30. The van der Waals surface area contributed by atoms with E-state index >= 15 is 0 Å². The summed E-state index contributed by atoms with van der Waals surface area (Å²) >= 11 is 0. The Morgan fingerprint density at radius 3 is 2.61 bits per heavy atom. The zero-order chi connectivity index (χ0) is 21.5. The van der Waals surface area contributed by atoms with Crippen LogP contribution >= 0.6 is 0 Å². The van der Waals surface area contributed by atoms with Gasteiger partial charge >= 0.3 is 0 Å². The highest BCUT2D eigenvalue weighted by molar-refractivity contribution is 6.06. The molecule has 1 aromatic heterocycles. The van der Waals surface area contributed by atoms with E-state index in [1.165, 1.54) is 19.3 Å². The van der Waals surface area contributed by atoms with Gasteiger partial charge in [-0.2, -0.15) is 0 Å². The van der Waals surface area contributed by atoms with Gasteiger partial charge < -0.3 is 20.1 Å². The van der Waals surface area contributed by atoms with Crippen LogP contribution in [0.5, 0.6) is 0 Å². The molecule has 2 aromatic carbocycles. The maximum Gasteiger partial charge on any atom is 0.255 e. The van der Waals surface area contributed by atoms with E-state index in [4.69, 9.17) is 0 Å². The average Bonchev–Trinajstić information content (AvgIpc) is 3.33. The first-order valence-electron chi connectivity index (χ1n) is 10.7. The molecule has 0 aliphatic carbocycles. The molecule has 0 unspecified atom stereocenters. The topological polar surface area (TPSA) is 79.3 Å². The summed E-state index contributed by atoms with van der Waals surface area (Å²) in [5.41, 5.74) is 2.97. The summed E-state index contributed by atoms with van der Waals surface area (Å²) in [4.78, 5) is 31.5. The summed E-state index contributed by atoms with van der Waals surface area (Å²) in [5, 5.41) is 5.91. The highest BCUT2D eigenvalue weighted by Crippen LogP contribution is 2.28. The van der Waals surface area contributed by atoms with Gasteiger partial charge in [-0.1, -0.05) is 18.2 Å². The minimum atomic E-state index is -0.195. The van der Waals surface area contributed by atoms with Crippen molar-refractivity contribution in [2.75, 3.05) is 28.6 Å². The number of hydrogen-bond donors (Lipinski definition) is 2. The molecule has 0 atom stereocenters. The van der Waals surface area contributed by atoms with Gasteiger partial charge in [-0.3, -0.25) is 9.59 Å². The third kappa shape index (κ3) is 5.51. The number of hydrogen-bond acceptors (Lipinski definition) is 4. The largest absolute Gasteiger partial charge is 0.370 e. The van der Waals surface area contributed by atoms with E-state index in [1.54, 1.807) is 36.8 Å². The summed E-state index contributed by atoms with van der Waals surface area (Å²) in [5.74, 6) is -0.305. The molecule has 1 saturated heterocycles. The second-order valence-electron chi connectivity index (χ2n) is 7.70. The quantitative estimate of drug-likeness (QED) is 0.605. The Morgan fingerprint density at radius 2 is 1.81 bits per heavy atom. The third-order valence-corrected chi connectivity index (χ3v) is 5.41. The Kier molecular flexibility index (Phi) is 6.62. The zero-order valence-corrected chi connectivity index (χ0v) is 17.5. The normalized spacial score (nSPS) is 13.6. The average molecular weight is 418 g/mol. The molecule has 1 aliphatic rings. The van der Waals surface area contributed by atoms with Gasteiger partial charge in [0.2, 0.25) is 5.91 Å². The van der Waals surface area contributed by atoms with Crippen LogP contribution in [0.4, 0.5) is 17.1 Å². The molecular formula is C24H27N5O2. The molecule has 0 radical (unpaired) electrons. The van der Waals surface area contributed by atoms with Crippen LogP contribution in [0.25, 0.3) is 0 Å². The van der Waals surface area contributed by atoms with E-state index in [-0.39, 0.29) is 11.8 Å². The fourth-order valence-corrected chi connectivity index (χ4v) is 3.80. The number of imidazole rings is 1. The van der Waals surface area contributed by atoms with Crippen LogP contribution in [0.2, 0.25) is 0 Å². The predicted octanol–water partition coefficient (Wildman–Crippen LogP) is 4.15. The van der Waals surface area contributed by atoms with Crippen LogP contribution in [-0.2, 0) is 11.3 Å². The summed E-state index contributed by atoms with van der Waals surface area (Å²) in [6.07, 6.45) is 9.11. The Labute approximate surface area is 182 Å². The van der Waals surface area contributed by atoms with Crippen molar-refractivity contribution in [2.24, 2.45) is 0 Å². The van der Waals surface area contributed by atoms with Crippen LogP contribution in [0.3, 0.4) is 0 Å². The molecule has 1 fully saturated rings. The number of rotatable bonds is 7. The molecule has 1 aliphatic heterocycles. The highest BCUT2D eigenvalue weighted by Gasteiger charge is 2.16. The Balaban J connectivity index is 1.40. The first-order valence-corrected chi connectivity index (χ1v) is 10.7. The molecule has 3 aromatic rings. The van der Waals surface area contributed by atoms with E-state index < -0.39 is 0 Å². The molecule has 0 bridgehead atoms. The number of carbonyl (C=O) groups is 2. The number of para-hydroxylation sites is 2. The molecule has 7 nitrogen and oxygen atoms in total.